The fraction of sp³-hybridized carbons (Fsp3) is 0.0769. The molecule has 5 nitrogen and oxygen atoms in total. The number of nitrogens with one attached hydrogen (secondary N) is 1. The van der Waals surface area contributed by atoms with Gasteiger partial charge in [0.05, 0.1) is 16.7 Å². The van der Waals surface area contributed by atoms with Crippen LogP contribution in [0.4, 0.5) is 0 Å². The Kier molecular flexibility index (Phi) is 3.24. The van der Waals surface area contributed by atoms with Crippen LogP contribution < -0.4 is 5.56 Å². The molecule has 2 aromatic heterocycles. The quantitative estimate of drug-likeness (QED) is 0.582. The molecule has 1 N–H and O–H groups in total. The van der Waals surface area contributed by atoms with Crippen LogP contribution in [0, 0.1) is 0 Å². The monoisotopic (exact) mass is 270 g/mol. The van der Waals surface area contributed by atoms with Gasteiger partial charge in [0.25, 0.3) is 5.56 Å². The molecule has 94 valence electrons. The molecule has 0 aliphatic heterocycles. The van der Waals surface area contributed by atoms with Gasteiger partial charge in [0.2, 0.25) is 0 Å². The second kappa shape index (κ2) is 5.19. The van der Waals surface area contributed by atoms with E-state index in [-0.39, 0.29) is 5.56 Å². The standard InChI is InChI=1S/C13H10N4OS/c18-12-9-4-1-2-5-10(9)16-11(17-12)8-19-13-14-6-3-7-15-13/h1-7H,8H2,(H,16,17,18). The summed E-state index contributed by atoms with van der Waals surface area (Å²) in [6, 6.07) is 9.05. The molecule has 0 saturated heterocycles. The maximum Gasteiger partial charge on any atom is 0.258 e. The molecule has 3 aromatic rings. The molecule has 19 heavy (non-hydrogen) atoms. The maximum atomic E-state index is 11.9. The summed E-state index contributed by atoms with van der Waals surface area (Å²) in [5, 5.41) is 1.27. The number of thioether (sulfide) groups is 1. The molecule has 0 spiro atoms. The predicted octanol–water partition coefficient (Wildman–Crippen LogP) is 2.01. The van der Waals surface area contributed by atoms with E-state index in [4.69, 9.17) is 0 Å². The van der Waals surface area contributed by atoms with E-state index in [0.717, 1.165) is 0 Å². The number of rotatable bonds is 3. The number of hydrogen-bond donors (Lipinski definition) is 1. The fourth-order valence-electron chi connectivity index (χ4n) is 1.70. The van der Waals surface area contributed by atoms with E-state index < -0.39 is 0 Å². The van der Waals surface area contributed by atoms with Crippen LogP contribution in [0.25, 0.3) is 10.9 Å². The number of nitrogens with zero attached hydrogens (tertiary/aromatic N) is 3. The lowest BCUT2D eigenvalue weighted by atomic mass is 10.2. The van der Waals surface area contributed by atoms with Gasteiger partial charge in [-0.05, 0) is 18.2 Å². The average molecular weight is 270 g/mol. The van der Waals surface area contributed by atoms with Crippen LogP contribution in [-0.4, -0.2) is 19.9 Å². The first-order valence-electron chi connectivity index (χ1n) is 5.71. The van der Waals surface area contributed by atoms with Gasteiger partial charge in [-0.25, -0.2) is 15.0 Å². The van der Waals surface area contributed by atoms with Crippen LogP contribution in [0.5, 0.6) is 0 Å². The van der Waals surface area contributed by atoms with Crippen molar-refractivity contribution >= 4 is 22.7 Å². The van der Waals surface area contributed by atoms with Crippen LogP contribution in [-0.2, 0) is 5.75 Å². The molecule has 0 bridgehead atoms. The molecular formula is C13H10N4OS. The summed E-state index contributed by atoms with van der Waals surface area (Å²) in [6.07, 6.45) is 3.37. The molecule has 0 aliphatic carbocycles. The second-order valence-electron chi connectivity index (χ2n) is 3.85. The zero-order chi connectivity index (χ0) is 13.1. The average Bonchev–Trinajstić information content (AvgIpc) is 2.46. The molecule has 3 rings (SSSR count). The van der Waals surface area contributed by atoms with E-state index in [0.29, 0.717) is 27.6 Å². The summed E-state index contributed by atoms with van der Waals surface area (Å²) in [6.45, 7) is 0. The Labute approximate surface area is 113 Å². The minimum Gasteiger partial charge on any atom is -0.309 e. The summed E-state index contributed by atoms with van der Waals surface area (Å²) >= 11 is 1.44. The Bertz CT molecular complexity index is 757. The van der Waals surface area contributed by atoms with E-state index in [1.54, 1.807) is 24.5 Å². The van der Waals surface area contributed by atoms with Crippen molar-refractivity contribution in [1.82, 2.24) is 19.9 Å². The minimum absolute atomic E-state index is 0.116. The van der Waals surface area contributed by atoms with Gasteiger partial charge in [-0.15, -0.1) is 0 Å². The molecule has 0 atom stereocenters. The van der Waals surface area contributed by atoms with E-state index in [1.807, 2.05) is 18.2 Å². The van der Waals surface area contributed by atoms with E-state index >= 15 is 0 Å². The Morgan fingerprint density at radius 3 is 2.74 bits per heavy atom. The SMILES string of the molecule is O=c1[nH]c(CSc2ncccn2)nc2ccccc12. The molecule has 0 saturated carbocycles. The van der Waals surface area contributed by atoms with Gasteiger partial charge >= 0.3 is 0 Å². The van der Waals surface area contributed by atoms with Crippen molar-refractivity contribution in [1.29, 1.82) is 0 Å². The Balaban J connectivity index is 1.88. The van der Waals surface area contributed by atoms with Crippen LogP contribution in [0.1, 0.15) is 5.82 Å². The number of hydrogen-bond acceptors (Lipinski definition) is 5. The highest BCUT2D eigenvalue weighted by atomic mass is 32.2. The molecule has 0 radical (unpaired) electrons. The minimum atomic E-state index is -0.116. The zero-order valence-corrected chi connectivity index (χ0v) is 10.7. The molecular weight excluding hydrogens is 260 g/mol. The van der Waals surface area contributed by atoms with Crippen molar-refractivity contribution in [3.8, 4) is 0 Å². The van der Waals surface area contributed by atoms with Crippen molar-refractivity contribution in [3.63, 3.8) is 0 Å². The summed E-state index contributed by atoms with van der Waals surface area (Å²) < 4.78 is 0. The van der Waals surface area contributed by atoms with Gasteiger partial charge in [-0.2, -0.15) is 0 Å². The third-order valence-electron chi connectivity index (χ3n) is 2.54. The normalized spacial score (nSPS) is 10.7. The maximum absolute atomic E-state index is 11.9. The van der Waals surface area contributed by atoms with Gasteiger partial charge in [0.15, 0.2) is 5.16 Å². The number of benzene rings is 1. The first-order chi connectivity index (χ1) is 9.33. The highest BCUT2D eigenvalue weighted by molar-refractivity contribution is 7.98. The second-order valence-corrected chi connectivity index (χ2v) is 4.79. The fourth-order valence-corrected chi connectivity index (χ4v) is 2.37. The van der Waals surface area contributed by atoms with Crippen LogP contribution in [0.3, 0.4) is 0 Å². The van der Waals surface area contributed by atoms with Crippen molar-refractivity contribution < 1.29 is 0 Å². The van der Waals surface area contributed by atoms with E-state index in [9.17, 15) is 4.79 Å². The molecule has 0 aliphatic rings. The molecule has 0 fully saturated rings. The molecule has 2 heterocycles. The zero-order valence-electron chi connectivity index (χ0n) is 9.91. The largest absolute Gasteiger partial charge is 0.309 e. The summed E-state index contributed by atoms with van der Waals surface area (Å²) in [5.74, 6) is 1.16. The highest BCUT2D eigenvalue weighted by Gasteiger charge is 2.04. The third kappa shape index (κ3) is 2.63. The predicted molar refractivity (Wildman–Crippen MR) is 74.0 cm³/mol. The van der Waals surface area contributed by atoms with Crippen LogP contribution >= 0.6 is 11.8 Å². The highest BCUT2D eigenvalue weighted by Crippen LogP contribution is 2.16. The smallest absolute Gasteiger partial charge is 0.258 e. The topological polar surface area (TPSA) is 71.5 Å². The van der Waals surface area contributed by atoms with Gasteiger partial charge in [-0.1, -0.05) is 23.9 Å². The summed E-state index contributed by atoms with van der Waals surface area (Å²) in [4.78, 5) is 27.3. The first kappa shape index (κ1) is 11.9. The Morgan fingerprint density at radius 1 is 1.11 bits per heavy atom. The summed E-state index contributed by atoms with van der Waals surface area (Å²) in [5.41, 5.74) is 0.589. The lowest BCUT2D eigenvalue weighted by Crippen LogP contribution is -2.11. The molecule has 0 amide bonds. The summed E-state index contributed by atoms with van der Waals surface area (Å²) in [7, 11) is 0. The van der Waals surface area contributed by atoms with Crippen molar-refractivity contribution in [2.45, 2.75) is 10.9 Å². The van der Waals surface area contributed by atoms with Gasteiger partial charge in [0, 0.05) is 12.4 Å². The number of aromatic amines is 1. The first-order valence-corrected chi connectivity index (χ1v) is 6.69. The number of H-pyrrole nitrogens is 1. The lowest BCUT2D eigenvalue weighted by Gasteiger charge is -2.02. The number of fused-ring (bicyclic) bond motifs is 1. The van der Waals surface area contributed by atoms with Gasteiger partial charge in [-0.3, -0.25) is 4.79 Å². The molecule has 1 aromatic carbocycles. The van der Waals surface area contributed by atoms with E-state index in [1.165, 1.54) is 11.8 Å². The van der Waals surface area contributed by atoms with Gasteiger partial charge in [0.1, 0.15) is 5.82 Å². The molecule has 6 heteroatoms. The Hall–Kier alpha value is -2.21. The van der Waals surface area contributed by atoms with Gasteiger partial charge < -0.3 is 4.98 Å². The van der Waals surface area contributed by atoms with E-state index in [2.05, 4.69) is 19.9 Å². The number of para-hydroxylation sites is 1. The Morgan fingerprint density at radius 2 is 1.89 bits per heavy atom. The lowest BCUT2D eigenvalue weighted by molar-refractivity contribution is 0.958. The van der Waals surface area contributed by atoms with Crippen LogP contribution in [0.2, 0.25) is 0 Å². The van der Waals surface area contributed by atoms with Crippen LogP contribution in [0.15, 0.2) is 52.7 Å². The third-order valence-corrected chi connectivity index (χ3v) is 3.43. The number of aromatic nitrogens is 4. The van der Waals surface area contributed by atoms with Crippen molar-refractivity contribution in [2.24, 2.45) is 0 Å². The van der Waals surface area contributed by atoms with Crippen molar-refractivity contribution in [2.75, 3.05) is 0 Å². The van der Waals surface area contributed by atoms with Crippen molar-refractivity contribution in [3.05, 3.63) is 58.9 Å². The molecule has 0 unspecified atom stereocenters.